The Labute approximate surface area is 202 Å². The first kappa shape index (κ1) is 24.5. The van der Waals surface area contributed by atoms with Crippen LogP contribution < -0.4 is 10.1 Å². The number of hydrogen-bond donors (Lipinski definition) is 1. The number of thiophene rings is 1. The number of anilines is 1. The summed E-state index contributed by atoms with van der Waals surface area (Å²) in [7, 11) is 0. The van der Waals surface area contributed by atoms with Gasteiger partial charge in [0.1, 0.15) is 29.0 Å². The van der Waals surface area contributed by atoms with E-state index in [0.29, 0.717) is 22.9 Å². The molecule has 34 heavy (non-hydrogen) atoms. The van der Waals surface area contributed by atoms with E-state index in [4.69, 9.17) is 9.47 Å². The van der Waals surface area contributed by atoms with Gasteiger partial charge in [-0.2, -0.15) is 5.26 Å². The smallest absolute Gasteiger partial charge is 0.341 e. The normalized spacial score (nSPS) is 11.3. The Hall–Kier alpha value is -4.15. The number of para-hydroxylation sites is 1. The third kappa shape index (κ3) is 6.92. The van der Waals surface area contributed by atoms with Crippen LogP contribution in [0.1, 0.15) is 35.3 Å². The van der Waals surface area contributed by atoms with Crippen molar-refractivity contribution in [2.75, 3.05) is 11.9 Å². The lowest BCUT2D eigenvalue weighted by molar-refractivity contribution is -0.112. The van der Waals surface area contributed by atoms with Crippen molar-refractivity contribution >= 4 is 40.4 Å². The second-order valence-corrected chi connectivity index (χ2v) is 8.32. The zero-order valence-electron chi connectivity index (χ0n) is 18.9. The molecule has 0 aliphatic carbocycles. The second-order valence-electron chi connectivity index (χ2n) is 7.40. The van der Waals surface area contributed by atoms with E-state index in [0.717, 1.165) is 5.56 Å². The lowest BCUT2D eigenvalue weighted by Crippen LogP contribution is -2.17. The highest BCUT2D eigenvalue weighted by molar-refractivity contribution is 7.14. The fourth-order valence-corrected chi connectivity index (χ4v) is 3.71. The Morgan fingerprint density at radius 2 is 1.82 bits per heavy atom. The van der Waals surface area contributed by atoms with E-state index in [2.05, 4.69) is 5.32 Å². The van der Waals surface area contributed by atoms with Crippen molar-refractivity contribution in [2.24, 2.45) is 0 Å². The zero-order valence-corrected chi connectivity index (χ0v) is 19.7. The molecular formula is C27H24N2O4S. The predicted octanol–water partition coefficient (Wildman–Crippen LogP) is 5.95. The van der Waals surface area contributed by atoms with Crippen LogP contribution in [0.25, 0.3) is 12.2 Å². The number of amides is 1. The van der Waals surface area contributed by atoms with Crippen LogP contribution in [0.4, 0.5) is 5.00 Å². The maximum absolute atomic E-state index is 12.8. The van der Waals surface area contributed by atoms with Gasteiger partial charge in [-0.25, -0.2) is 4.79 Å². The minimum absolute atomic E-state index is 0.118. The van der Waals surface area contributed by atoms with Gasteiger partial charge >= 0.3 is 5.97 Å². The Morgan fingerprint density at radius 3 is 2.56 bits per heavy atom. The molecule has 0 fully saturated rings. The minimum atomic E-state index is -0.623. The summed E-state index contributed by atoms with van der Waals surface area (Å²) in [6.07, 6.45) is 5.02. The molecule has 3 aromatic rings. The van der Waals surface area contributed by atoms with Crippen molar-refractivity contribution in [1.82, 2.24) is 0 Å². The van der Waals surface area contributed by atoms with Gasteiger partial charge in [0.25, 0.3) is 5.91 Å². The first-order valence-corrected chi connectivity index (χ1v) is 11.5. The lowest BCUT2D eigenvalue weighted by Gasteiger charge is -2.10. The summed E-state index contributed by atoms with van der Waals surface area (Å²) in [5.41, 5.74) is 1.78. The van der Waals surface area contributed by atoms with Crippen LogP contribution in [0.15, 0.2) is 77.7 Å². The molecule has 0 unspecified atom stereocenters. The van der Waals surface area contributed by atoms with E-state index in [1.54, 1.807) is 43.5 Å². The average molecular weight is 473 g/mol. The van der Waals surface area contributed by atoms with Gasteiger partial charge in [-0.05, 0) is 49.1 Å². The highest BCUT2D eigenvalue weighted by Gasteiger charge is 2.19. The van der Waals surface area contributed by atoms with Crippen LogP contribution in [0.5, 0.6) is 5.75 Å². The molecule has 0 spiro atoms. The second kappa shape index (κ2) is 12.2. The van der Waals surface area contributed by atoms with Crippen molar-refractivity contribution in [3.63, 3.8) is 0 Å². The maximum atomic E-state index is 12.8. The van der Waals surface area contributed by atoms with E-state index >= 15 is 0 Å². The van der Waals surface area contributed by atoms with Gasteiger partial charge in [-0.15, -0.1) is 11.3 Å². The minimum Gasteiger partial charge on any atom is -0.489 e. The van der Waals surface area contributed by atoms with E-state index in [1.165, 1.54) is 17.4 Å². The molecule has 0 bridgehead atoms. The fraction of sp³-hybridized carbons (Fsp3) is 0.148. The fourth-order valence-electron chi connectivity index (χ4n) is 2.94. The van der Waals surface area contributed by atoms with E-state index in [9.17, 15) is 14.9 Å². The molecule has 0 atom stereocenters. The van der Waals surface area contributed by atoms with Crippen molar-refractivity contribution in [2.45, 2.75) is 20.0 Å². The Bertz CT molecular complexity index is 1240. The first-order valence-electron chi connectivity index (χ1n) is 10.6. The molecule has 1 amide bonds. The van der Waals surface area contributed by atoms with Crippen LogP contribution in [-0.2, 0) is 9.53 Å². The summed E-state index contributed by atoms with van der Waals surface area (Å²) in [4.78, 5) is 25.0. The molecule has 0 aliphatic rings. The summed E-state index contributed by atoms with van der Waals surface area (Å²) in [5, 5.41) is 14.2. The molecule has 0 radical (unpaired) electrons. The van der Waals surface area contributed by atoms with E-state index < -0.39 is 11.9 Å². The van der Waals surface area contributed by atoms with Gasteiger partial charge in [0.05, 0.1) is 11.7 Å². The quantitative estimate of drug-likeness (QED) is 0.236. The van der Waals surface area contributed by atoms with Crippen LogP contribution in [-0.4, -0.2) is 24.6 Å². The monoisotopic (exact) mass is 472 g/mol. The van der Waals surface area contributed by atoms with Crippen molar-refractivity contribution in [3.05, 3.63) is 94.4 Å². The summed E-state index contributed by atoms with van der Waals surface area (Å²) in [6.45, 7) is 3.82. The molecular weight excluding hydrogens is 448 g/mol. The summed E-state index contributed by atoms with van der Waals surface area (Å²) >= 11 is 1.18. The van der Waals surface area contributed by atoms with Gasteiger partial charge in [0.2, 0.25) is 0 Å². The molecule has 0 aliphatic heterocycles. The molecule has 3 rings (SSSR count). The molecule has 0 saturated carbocycles. The van der Waals surface area contributed by atoms with Crippen LogP contribution in [0.3, 0.4) is 0 Å². The van der Waals surface area contributed by atoms with Gasteiger partial charge in [-0.3, -0.25) is 4.79 Å². The number of rotatable bonds is 9. The third-order valence-corrected chi connectivity index (χ3v) is 5.31. The van der Waals surface area contributed by atoms with Crippen LogP contribution in [0.2, 0.25) is 0 Å². The van der Waals surface area contributed by atoms with E-state index in [1.807, 2.05) is 54.6 Å². The van der Waals surface area contributed by atoms with Gasteiger partial charge < -0.3 is 14.8 Å². The number of nitriles is 1. The number of carbonyl (C=O) groups is 2. The predicted molar refractivity (Wildman–Crippen MR) is 135 cm³/mol. The summed E-state index contributed by atoms with van der Waals surface area (Å²) in [5.74, 6) is -0.614. The Balaban J connectivity index is 1.72. The van der Waals surface area contributed by atoms with Crippen molar-refractivity contribution in [3.8, 4) is 11.8 Å². The SMILES string of the molecule is CC(C)OC(=O)c1ccsc1NC(=O)C(C#N)=Cc1ccccc1OCC=Cc1ccccc1. The number of esters is 1. The summed E-state index contributed by atoms with van der Waals surface area (Å²) < 4.78 is 11.1. The topological polar surface area (TPSA) is 88.4 Å². The molecule has 1 N–H and O–H groups in total. The number of benzene rings is 2. The molecule has 6 nitrogen and oxygen atoms in total. The molecule has 1 aromatic heterocycles. The summed E-state index contributed by atoms with van der Waals surface area (Å²) in [6, 6.07) is 20.5. The van der Waals surface area contributed by atoms with Crippen molar-refractivity contribution in [1.29, 1.82) is 5.26 Å². The number of ether oxygens (including phenoxy) is 2. The number of nitrogens with one attached hydrogen (secondary N) is 1. The highest BCUT2D eigenvalue weighted by atomic mass is 32.1. The van der Waals surface area contributed by atoms with Crippen LogP contribution >= 0.6 is 11.3 Å². The third-order valence-electron chi connectivity index (χ3n) is 4.48. The standard InChI is InChI=1S/C27H24N2O4S/c1-19(2)33-27(31)23-14-16-34-26(23)29-25(30)22(18-28)17-21-12-6-7-13-24(21)32-15-8-11-20-9-4-3-5-10-20/h3-14,16-17,19H,15H2,1-2H3,(H,29,30). The van der Waals surface area contributed by atoms with Crippen molar-refractivity contribution < 1.29 is 19.1 Å². The van der Waals surface area contributed by atoms with Gasteiger partial charge in [0, 0.05) is 5.56 Å². The first-order chi connectivity index (χ1) is 16.5. The Kier molecular flexibility index (Phi) is 8.78. The van der Waals surface area contributed by atoms with Gasteiger partial charge in [-0.1, -0.05) is 54.6 Å². The number of carbonyl (C=O) groups excluding carboxylic acids is 2. The highest BCUT2D eigenvalue weighted by Crippen LogP contribution is 2.26. The lowest BCUT2D eigenvalue weighted by atomic mass is 10.1. The molecule has 0 saturated heterocycles. The largest absolute Gasteiger partial charge is 0.489 e. The molecule has 1 heterocycles. The zero-order chi connectivity index (χ0) is 24.3. The maximum Gasteiger partial charge on any atom is 0.341 e. The number of nitrogens with zero attached hydrogens (tertiary/aromatic N) is 1. The molecule has 7 heteroatoms. The Morgan fingerprint density at radius 1 is 1.09 bits per heavy atom. The average Bonchev–Trinajstić information content (AvgIpc) is 3.29. The molecule has 172 valence electrons. The molecule has 2 aromatic carbocycles. The van der Waals surface area contributed by atoms with E-state index in [-0.39, 0.29) is 17.2 Å². The van der Waals surface area contributed by atoms with Crippen LogP contribution in [0, 0.1) is 11.3 Å². The number of hydrogen-bond acceptors (Lipinski definition) is 6. The van der Waals surface area contributed by atoms with Gasteiger partial charge in [0.15, 0.2) is 0 Å².